The van der Waals surface area contributed by atoms with Crippen LogP contribution >= 0.6 is 0 Å². The molecule has 2 aromatic carbocycles. The molecule has 1 N–H and O–H groups in total. The maximum atomic E-state index is 12.2. The topological polar surface area (TPSA) is 89.5 Å². The van der Waals surface area contributed by atoms with Crippen LogP contribution in [0.25, 0.3) is 0 Å². The van der Waals surface area contributed by atoms with E-state index in [9.17, 15) is 9.59 Å². The van der Waals surface area contributed by atoms with Crippen LogP contribution in [0.1, 0.15) is 29.3 Å². The summed E-state index contributed by atoms with van der Waals surface area (Å²) in [6.45, 7) is 2.74. The van der Waals surface area contributed by atoms with E-state index in [-0.39, 0.29) is 13.2 Å². The molecule has 1 amide bonds. The first-order valence-corrected chi connectivity index (χ1v) is 9.56. The van der Waals surface area contributed by atoms with Gasteiger partial charge in [-0.25, -0.2) is 4.79 Å². The Morgan fingerprint density at radius 2 is 1.80 bits per heavy atom. The molecule has 0 radical (unpaired) electrons. The van der Waals surface area contributed by atoms with Crippen molar-refractivity contribution in [1.29, 1.82) is 0 Å². The molecule has 0 fully saturated rings. The van der Waals surface area contributed by atoms with Gasteiger partial charge in [-0.1, -0.05) is 6.07 Å². The number of esters is 1. The molecule has 1 aliphatic heterocycles. The van der Waals surface area contributed by atoms with Gasteiger partial charge in [-0.3, -0.25) is 9.80 Å². The SMILES string of the molecule is COc1ccc(CNC(=O)COC(=O)c2ccc(N3CCC(C)=N3)cc2)cc1OC. The van der Waals surface area contributed by atoms with E-state index in [1.165, 1.54) is 0 Å². The summed E-state index contributed by atoms with van der Waals surface area (Å²) in [6.07, 6.45) is 0.933. The molecule has 3 rings (SSSR count). The number of ether oxygens (including phenoxy) is 3. The highest BCUT2D eigenvalue weighted by Gasteiger charge is 2.15. The largest absolute Gasteiger partial charge is 0.493 e. The van der Waals surface area contributed by atoms with Gasteiger partial charge in [0.05, 0.1) is 25.5 Å². The van der Waals surface area contributed by atoms with Crippen LogP contribution < -0.4 is 19.8 Å². The predicted octanol–water partition coefficient (Wildman–Crippen LogP) is 2.76. The fourth-order valence-corrected chi connectivity index (χ4v) is 2.99. The molecule has 1 aliphatic rings. The number of benzene rings is 2. The van der Waals surface area contributed by atoms with Crippen LogP contribution in [-0.2, 0) is 16.1 Å². The summed E-state index contributed by atoms with van der Waals surface area (Å²) < 4.78 is 15.5. The normalized spacial score (nSPS) is 12.9. The summed E-state index contributed by atoms with van der Waals surface area (Å²) in [6, 6.07) is 12.3. The van der Waals surface area contributed by atoms with Gasteiger partial charge in [-0.05, 0) is 48.9 Å². The van der Waals surface area contributed by atoms with E-state index < -0.39 is 11.9 Å². The molecule has 0 spiro atoms. The number of methoxy groups -OCH3 is 2. The first-order chi connectivity index (χ1) is 14.5. The Morgan fingerprint density at radius 3 is 2.43 bits per heavy atom. The number of hydrogen-bond acceptors (Lipinski definition) is 7. The van der Waals surface area contributed by atoms with Crippen molar-refractivity contribution < 1.29 is 23.8 Å². The van der Waals surface area contributed by atoms with Crippen molar-refractivity contribution in [3.8, 4) is 11.5 Å². The summed E-state index contributed by atoms with van der Waals surface area (Å²) in [5.41, 5.74) is 3.21. The third-order valence-corrected chi connectivity index (χ3v) is 4.65. The van der Waals surface area contributed by atoms with Crippen molar-refractivity contribution in [2.75, 3.05) is 32.4 Å². The molecule has 1 heterocycles. The van der Waals surface area contributed by atoms with Crippen molar-refractivity contribution in [3.05, 3.63) is 53.6 Å². The Balaban J connectivity index is 1.47. The van der Waals surface area contributed by atoms with Gasteiger partial charge in [0.2, 0.25) is 0 Å². The van der Waals surface area contributed by atoms with Crippen LogP contribution in [0.3, 0.4) is 0 Å². The summed E-state index contributed by atoms with van der Waals surface area (Å²) in [4.78, 5) is 24.2. The Labute approximate surface area is 175 Å². The van der Waals surface area contributed by atoms with Gasteiger partial charge < -0.3 is 19.5 Å². The average Bonchev–Trinajstić information content (AvgIpc) is 3.22. The quantitative estimate of drug-likeness (QED) is 0.672. The highest BCUT2D eigenvalue weighted by molar-refractivity contribution is 5.92. The molecular weight excluding hydrogens is 386 g/mol. The number of anilines is 1. The number of carbonyl (C=O) groups is 2. The highest BCUT2D eigenvalue weighted by Crippen LogP contribution is 2.27. The second kappa shape index (κ2) is 9.78. The van der Waals surface area contributed by atoms with Gasteiger partial charge in [0, 0.05) is 25.2 Å². The molecule has 8 nitrogen and oxygen atoms in total. The Hall–Kier alpha value is -3.55. The molecule has 0 atom stereocenters. The zero-order valence-electron chi connectivity index (χ0n) is 17.3. The summed E-state index contributed by atoms with van der Waals surface area (Å²) >= 11 is 0. The number of rotatable bonds is 8. The maximum Gasteiger partial charge on any atom is 0.338 e. The van der Waals surface area contributed by atoms with E-state index >= 15 is 0 Å². The minimum atomic E-state index is -0.552. The minimum Gasteiger partial charge on any atom is -0.493 e. The lowest BCUT2D eigenvalue weighted by atomic mass is 10.2. The summed E-state index contributed by atoms with van der Waals surface area (Å²) in [7, 11) is 3.11. The minimum absolute atomic E-state index is 0.279. The van der Waals surface area contributed by atoms with Crippen LogP contribution in [0.2, 0.25) is 0 Å². The number of nitrogens with zero attached hydrogens (tertiary/aromatic N) is 2. The second-order valence-corrected chi connectivity index (χ2v) is 6.80. The highest BCUT2D eigenvalue weighted by atomic mass is 16.5. The van der Waals surface area contributed by atoms with E-state index in [2.05, 4.69) is 10.4 Å². The molecule has 0 unspecified atom stereocenters. The Morgan fingerprint density at radius 1 is 1.07 bits per heavy atom. The zero-order chi connectivity index (χ0) is 21.5. The average molecular weight is 411 g/mol. The molecule has 2 aromatic rings. The molecule has 0 aliphatic carbocycles. The standard InChI is InChI=1S/C22H25N3O5/c1-15-10-11-25(24-15)18-7-5-17(6-8-18)22(27)30-14-21(26)23-13-16-4-9-19(28-2)20(12-16)29-3/h4-9,12H,10-11,13-14H2,1-3H3,(H,23,26). The van der Waals surface area contributed by atoms with Crippen LogP contribution in [0.5, 0.6) is 11.5 Å². The van der Waals surface area contributed by atoms with Crippen molar-refractivity contribution in [3.63, 3.8) is 0 Å². The van der Waals surface area contributed by atoms with Gasteiger partial charge >= 0.3 is 5.97 Å². The Bertz CT molecular complexity index is 940. The number of carbonyl (C=O) groups excluding carboxylic acids is 2. The number of nitrogens with one attached hydrogen (secondary N) is 1. The lowest BCUT2D eigenvalue weighted by Crippen LogP contribution is -2.28. The Kier molecular flexibility index (Phi) is 6.90. The molecule has 0 bridgehead atoms. The van der Waals surface area contributed by atoms with Crippen molar-refractivity contribution in [2.45, 2.75) is 19.9 Å². The summed E-state index contributed by atoms with van der Waals surface area (Å²) in [5, 5.41) is 9.03. The van der Waals surface area contributed by atoms with Gasteiger partial charge in [0.1, 0.15) is 0 Å². The van der Waals surface area contributed by atoms with Gasteiger partial charge in [0.25, 0.3) is 5.91 Å². The van der Waals surface area contributed by atoms with Crippen molar-refractivity contribution >= 4 is 23.3 Å². The fraction of sp³-hybridized carbons (Fsp3) is 0.318. The number of hydrogen-bond donors (Lipinski definition) is 1. The third kappa shape index (κ3) is 5.28. The van der Waals surface area contributed by atoms with Crippen LogP contribution in [0, 0.1) is 0 Å². The predicted molar refractivity (Wildman–Crippen MR) is 113 cm³/mol. The smallest absolute Gasteiger partial charge is 0.338 e. The molecule has 0 saturated heterocycles. The van der Waals surface area contributed by atoms with Gasteiger partial charge in [0.15, 0.2) is 18.1 Å². The van der Waals surface area contributed by atoms with E-state index in [0.717, 1.165) is 29.9 Å². The van der Waals surface area contributed by atoms with Crippen molar-refractivity contribution in [1.82, 2.24) is 5.32 Å². The summed E-state index contributed by atoms with van der Waals surface area (Å²) in [5.74, 6) is 0.244. The lowest BCUT2D eigenvalue weighted by molar-refractivity contribution is -0.124. The monoisotopic (exact) mass is 411 g/mol. The molecule has 158 valence electrons. The van der Waals surface area contributed by atoms with Crippen LogP contribution in [0.15, 0.2) is 47.6 Å². The number of amides is 1. The van der Waals surface area contributed by atoms with Crippen LogP contribution in [-0.4, -0.2) is 45.0 Å². The second-order valence-electron chi connectivity index (χ2n) is 6.80. The third-order valence-electron chi connectivity index (χ3n) is 4.65. The van der Waals surface area contributed by atoms with E-state index in [4.69, 9.17) is 14.2 Å². The molecule has 0 saturated carbocycles. The lowest BCUT2D eigenvalue weighted by Gasteiger charge is -2.13. The molecule has 0 aromatic heterocycles. The molecule has 8 heteroatoms. The van der Waals surface area contributed by atoms with Crippen molar-refractivity contribution in [2.24, 2.45) is 5.10 Å². The van der Waals surface area contributed by atoms with E-state index in [1.807, 2.05) is 30.1 Å². The first-order valence-electron chi connectivity index (χ1n) is 9.56. The fourth-order valence-electron chi connectivity index (χ4n) is 2.99. The first kappa shape index (κ1) is 21.2. The molecular formula is C22H25N3O5. The van der Waals surface area contributed by atoms with Crippen LogP contribution in [0.4, 0.5) is 5.69 Å². The van der Waals surface area contributed by atoms with E-state index in [0.29, 0.717) is 17.1 Å². The molecule has 30 heavy (non-hydrogen) atoms. The zero-order valence-corrected chi connectivity index (χ0v) is 17.3. The van der Waals surface area contributed by atoms with E-state index in [1.54, 1.807) is 38.5 Å². The van der Waals surface area contributed by atoms with Gasteiger partial charge in [-0.15, -0.1) is 0 Å². The number of hydrazone groups is 1. The van der Waals surface area contributed by atoms with Gasteiger partial charge in [-0.2, -0.15) is 5.10 Å². The maximum absolute atomic E-state index is 12.2.